The van der Waals surface area contributed by atoms with Crippen molar-refractivity contribution in [2.75, 3.05) is 19.7 Å². The molecule has 0 radical (unpaired) electrons. The van der Waals surface area contributed by atoms with Gasteiger partial charge in [-0.2, -0.15) is 5.26 Å². The normalized spacial score (nSPS) is 16.5. The minimum absolute atomic E-state index is 0.0548. The van der Waals surface area contributed by atoms with Gasteiger partial charge in [-0.15, -0.1) is 0 Å². The fourth-order valence-electron chi connectivity index (χ4n) is 1.94. The molecule has 1 aliphatic rings. The van der Waals surface area contributed by atoms with E-state index in [0.717, 1.165) is 25.9 Å². The van der Waals surface area contributed by atoms with Gasteiger partial charge in [-0.3, -0.25) is 0 Å². The maximum Gasteiger partial charge on any atom is 0.144 e. The molecule has 1 aliphatic heterocycles. The quantitative estimate of drug-likeness (QED) is 0.870. The molecule has 3 nitrogen and oxygen atoms in total. The highest BCUT2D eigenvalue weighted by atomic mass is 19.1. The highest BCUT2D eigenvalue weighted by Gasteiger charge is 2.13. The topological polar surface area (TPSA) is 45.0 Å². The molecule has 1 aromatic rings. The number of halogens is 1. The molecule has 2 rings (SSSR count). The monoisotopic (exact) mass is 234 g/mol. The molecular weight excluding hydrogens is 219 g/mol. The minimum Gasteiger partial charge on any atom is -0.493 e. The van der Waals surface area contributed by atoms with Gasteiger partial charge in [0, 0.05) is 6.07 Å². The molecule has 0 bridgehead atoms. The number of nitrogens with one attached hydrogen (secondary N) is 1. The third-order valence-corrected chi connectivity index (χ3v) is 3.01. The Morgan fingerprint density at radius 1 is 1.41 bits per heavy atom. The van der Waals surface area contributed by atoms with Crippen molar-refractivity contribution in [1.82, 2.24) is 5.32 Å². The molecule has 1 fully saturated rings. The predicted molar refractivity (Wildman–Crippen MR) is 62.2 cm³/mol. The molecule has 0 aromatic heterocycles. The summed E-state index contributed by atoms with van der Waals surface area (Å²) in [5.41, 5.74) is 0.0548. The summed E-state index contributed by atoms with van der Waals surface area (Å²) in [6.45, 7) is 2.67. The second-order valence-electron chi connectivity index (χ2n) is 4.26. The Labute approximate surface area is 100 Å². The average Bonchev–Trinajstić information content (AvgIpc) is 2.38. The third-order valence-electron chi connectivity index (χ3n) is 3.01. The number of benzene rings is 1. The van der Waals surface area contributed by atoms with E-state index in [-0.39, 0.29) is 5.56 Å². The zero-order valence-corrected chi connectivity index (χ0v) is 9.58. The minimum atomic E-state index is -0.518. The Morgan fingerprint density at radius 2 is 2.18 bits per heavy atom. The van der Waals surface area contributed by atoms with Crippen LogP contribution in [0.5, 0.6) is 5.75 Å². The summed E-state index contributed by atoms with van der Waals surface area (Å²) in [6, 6.07) is 6.16. The summed E-state index contributed by atoms with van der Waals surface area (Å²) in [5.74, 6) is 0.519. The van der Waals surface area contributed by atoms with Crippen molar-refractivity contribution in [3.8, 4) is 11.8 Å². The van der Waals surface area contributed by atoms with Crippen LogP contribution in [0.1, 0.15) is 18.4 Å². The first-order valence-corrected chi connectivity index (χ1v) is 5.83. The van der Waals surface area contributed by atoms with E-state index >= 15 is 0 Å². The van der Waals surface area contributed by atoms with Crippen molar-refractivity contribution in [3.63, 3.8) is 0 Å². The summed E-state index contributed by atoms with van der Waals surface area (Å²) in [5, 5.41) is 11.9. The molecule has 1 aromatic carbocycles. The van der Waals surface area contributed by atoms with E-state index < -0.39 is 5.82 Å². The van der Waals surface area contributed by atoms with Gasteiger partial charge in [0.2, 0.25) is 0 Å². The van der Waals surface area contributed by atoms with E-state index in [0.29, 0.717) is 18.3 Å². The lowest BCUT2D eigenvalue weighted by Gasteiger charge is -2.22. The highest BCUT2D eigenvalue weighted by molar-refractivity contribution is 5.36. The molecule has 90 valence electrons. The first-order valence-electron chi connectivity index (χ1n) is 5.83. The van der Waals surface area contributed by atoms with Gasteiger partial charge >= 0.3 is 0 Å². The van der Waals surface area contributed by atoms with Crippen molar-refractivity contribution < 1.29 is 9.13 Å². The van der Waals surface area contributed by atoms with E-state index in [1.54, 1.807) is 12.1 Å². The molecular formula is C13H15FN2O. The second-order valence-corrected chi connectivity index (χ2v) is 4.26. The maximum atomic E-state index is 13.3. The lowest BCUT2D eigenvalue weighted by atomic mass is 9.99. The van der Waals surface area contributed by atoms with Gasteiger partial charge < -0.3 is 10.1 Å². The fourth-order valence-corrected chi connectivity index (χ4v) is 1.94. The number of rotatable bonds is 3. The van der Waals surface area contributed by atoms with Gasteiger partial charge in [0.1, 0.15) is 17.6 Å². The van der Waals surface area contributed by atoms with E-state index in [1.807, 2.05) is 0 Å². The maximum absolute atomic E-state index is 13.3. The Morgan fingerprint density at radius 3 is 2.82 bits per heavy atom. The number of hydrogen-bond acceptors (Lipinski definition) is 3. The molecule has 0 unspecified atom stereocenters. The van der Waals surface area contributed by atoms with E-state index in [9.17, 15) is 4.39 Å². The van der Waals surface area contributed by atoms with Crippen LogP contribution in [0.2, 0.25) is 0 Å². The Bertz CT molecular complexity index is 422. The Hall–Kier alpha value is -1.60. The molecule has 4 heteroatoms. The van der Waals surface area contributed by atoms with E-state index in [1.165, 1.54) is 12.1 Å². The molecule has 17 heavy (non-hydrogen) atoms. The van der Waals surface area contributed by atoms with Gasteiger partial charge in [0.25, 0.3) is 0 Å². The largest absolute Gasteiger partial charge is 0.493 e. The third kappa shape index (κ3) is 3.18. The van der Waals surface area contributed by atoms with Gasteiger partial charge in [-0.25, -0.2) is 4.39 Å². The van der Waals surface area contributed by atoms with Crippen molar-refractivity contribution in [1.29, 1.82) is 5.26 Å². The van der Waals surface area contributed by atoms with Crippen molar-refractivity contribution in [2.45, 2.75) is 12.8 Å². The zero-order valence-electron chi connectivity index (χ0n) is 9.58. The molecule has 1 heterocycles. The van der Waals surface area contributed by atoms with Crippen LogP contribution in [0.3, 0.4) is 0 Å². The van der Waals surface area contributed by atoms with Crippen LogP contribution in [0, 0.1) is 23.1 Å². The van der Waals surface area contributed by atoms with Gasteiger partial charge in [0.05, 0.1) is 12.2 Å². The lowest BCUT2D eigenvalue weighted by Crippen LogP contribution is -2.30. The number of piperidine rings is 1. The fraction of sp³-hybridized carbons (Fsp3) is 0.462. The smallest absolute Gasteiger partial charge is 0.144 e. The van der Waals surface area contributed by atoms with Gasteiger partial charge in [-0.05, 0) is 44.0 Å². The molecule has 0 atom stereocenters. The number of ether oxygens (including phenoxy) is 1. The molecule has 0 aliphatic carbocycles. The molecule has 0 amide bonds. The van der Waals surface area contributed by atoms with Gasteiger partial charge in [0.15, 0.2) is 0 Å². The first kappa shape index (κ1) is 11.9. The van der Waals surface area contributed by atoms with Crippen LogP contribution < -0.4 is 10.1 Å². The van der Waals surface area contributed by atoms with Crippen LogP contribution in [0.25, 0.3) is 0 Å². The number of hydrogen-bond donors (Lipinski definition) is 1. The van der Waals surface area contributed by atoms with Crippen molar-refractivity contribution in [2.24, 2.45) is 5.92 Å². The highest BCUT2D eigenvalue weighted by Crippen LogP contribution is 2.18. The number of nitriles is 1. The zero-order chi connectivity index (χ0) is 12.1. The van der Waals surface area contributed by atoms with Crippen molar-refractivity contribution in [3.05, 3.63) is 29.6 Å². The molecule has 1 saturated heterocycles. The number of nitrogens with zero attached hydrogens (tertiary/aromatic N) is 1. The lowest BCUT2D eigenvalue weighted by molar-refractivity contribution is 0.214. The van der Waals surface area contributed by atoms with Crippen LogP contribution in [-0.4, -0.2) is 19.7 Å². The van der Waals surface area contributed by atoms with Crippen LogP contribution >= 0.6 is 0 Å². The Kier molecular flexibility index (Phi) is 3.94. The van der Waals surface area contributed by atoms with Gasteiger partial charge in [-0.1, -0.05) is 0 Å². The molecule has 0 saturated carbocycles. The van der Waals surface area contributed by atoms with Crippen LogP contribution in [0.4, 0.5) is 4.39 Å². The molecule has 1 N–H and O–H groups in total. The SMILES string of the molecule is N#Cc1ccc(OCC2CCNCC2)cc1F. The van der Waals surface area contributed by atoms with E-state index in [2.05, 4.69) is 5.32 Å². The summed E-state index contributed by atoms with van der Waals surface area (Å²) < 4.78 is 18.9. The molecule has 0 spiro atoms. The van der Waals surface area contributed by atoms with Crippen LogP contribution in [-0.2, 0) is 0 Å². The summed E-state index contributed by atoms with van der Waals surface area (Å²) in [7, 11) is 0. The summed E-state index contributed by atoms with van der Waals surface area (Å²) in [4.78, 5) is 0. The van der Waals surface area contributed by atoms with Crippen molar-refractivity contribution >= 4 is 0 Å². The van der Waals surface area contributed by atoms with E-state index in [4.69, 9.17) is 10.00 Å². The average molecular weight is 234 g/mol. The summed E-state index contributed by atoms with van der Waals surface area (Å²) >= 11 is 0. The van der Waals surface area contributed by atoms with Crippen LogP contribution in [0.15, 0.2) is 18.2 Å². The predicted octanol–water partition coefficient (Wildman–Crippen LogP) is 2.08. The first-order chi connectivity index (χ1) is 8.29. The summed E-state index contributed by atoms with van der Waals surface area (Å²) in [6.07, 6.45) is 2.19. The second kappa shape index (κ2) is 5.65. The standard InChI is InChI=1S/C13H15FN2O/c14-13-7-12(2-1-11(13)8-15)17-9-10-3-5-16-6-4-10/h1-2,7,10,16H,3-6,9H2. The Balaban J connectivity index is 1.90.